The normalized spacial score (nSPS) is 24.3. The molecular formula is C37H48N10O2. The molecule has 1 aliphatic carbocycles. The van der Waals surface area contributed by atoms with Gasteiger partial charge in [0.25, 0.3) is 0 Å². The van der Waals surface area contributed by atoms with E-state index in [0.29, 0.717) is 73.6 Å². The van der Waals surface area contributed by atoms with E-state index in [0.717, 1.165) is 56.3 Å². The molecule has 1 aromatic carbocycles. The lowest BCUT2D eigenvalue weighted by molar-refractivity contribution is -0.132. The molecule has 2 aromatic rings. The molecule has 1 saturated carbocycles. The van der Waals surface area contributed by atoms with Crippen LogP contribution in [0.3, 0.4) is 0 Å². The number of piperidine rings is 1. The van der Waals surface area contributed by atoms with Crippen molar-refractivity contribution in [1.29, 1.82) is 5.41 Å². The Hall–Kier alpha value is -4.58. The van der Waals surface area contributed by atoms with E-state index >= 15 is 0 Å². The third-order valence-corrected chi connectivity index (χ3v) is 11.7. The summed E-state index contributed by atoms with van der Waals surface area (Å²) in [4.78, 5) is 48.0. The first-order valence-corrected chi connectivity index (χ1v) is 17.7. The molecule has 12 nitrogen and oxygen atoms in total. The Labute approximate surface area is 288 Å². The number of aliphatic imine (C=N–C) groups is 2. The smallest absolute Gasteiger partial charge is 0.237 e. The van der Waals surface area contributed by atoms with Crippen LogP contribution in [0.1, 0.15) is 68.2 Å². The fourth-order valence-corrected chi connectivity index (χ4v) is 8.34. The van der Waals surface area contributed by atoms with Gasteiger partial charge in [0.15, 0.2) is 0 Å². The van der Waals surface area contributed by atoms with E-state index in [1.54, 1.807) is 24.1 Å². The Balaban J connectivity index is 0.933. The maximum atomic E-state index is 14.0. The van der Waals surface area contributed by atoms with Gasteiger partial charge in [-0.15, -0.1) is 0 Å². The second-order valence-electron chi connectivity index (χ2n) is 14.5. The number of benzene rings is 1. The number of anilines is 2. The standard InChI is InChI=1S/C37H48N10O2/c1-41-25-42-33(39)28-5-3-26(4-6-28)27-9-17-45(18-10-27)31(48)23-44-19-15-37(24-44)16-22-47(35(37)49)30-8-7-29(38)32(43-30)34(40)46-20-13-36(14-21-46)11-2-12-36/h3-9,25,40H,2,10-24,38H2,1H3,(H2,39,41,42)/t37-/m0/s1. The summed E-state index contributed by atoms with van der Waals surface area (Å²) in [6.45, 7) is 5.10. The molecule has 2 amide bonds. The third-order valence-electron chi connectivity index (χ3n) is 11.7. The van der Waals surface area contributed by atoms with E-state index in [4.69, 9.17) is 21.9 Å². The predicted octanol–water partition coefficient (Wildman–Crippen LogP) is 3.36. The fourth-order valence-electron chi connectivity index (χ4n) is 8.34. The zero-order valence-corrected chi connectivity index (χ0v) is 28.5. The number of rotatable bonds is 7. The van der Waals surface area contributed by atoms with E-state index < -0.39 is 5.41 Å². The lowest BCUT2D eigenvalue weighted by Crippen LogP contribution is -2.46. The van der Waals surface area contributed by atoms with E-state index in [9.17, 15) is 9.59 Å². The van der Waals surface area contributed by atoms with Crippen molar-refractivity contribution in [2.75, 3.05) is 70.0 Å². The Morgan fingerprint density at radius 1 is 0.980 bits per heavy atom. The summed E-state index contributed by atoms with van der Waals surface area (Å²) < 4.78 is 0. The Bertz CT molecular complexity index is 1700. The van der Waals surface area contributed by atoms with Crippen molar-refractivity contribution in [1.82, 2.24) is 19.7 Å². The molecule has 5 N–H and O–H groups in total. The summed E-state index contributed by atoms with van der Waals surface area (Å²) in [5.41, 5.74) is 16.4. The molecule has 0 radical (unpaired) electrons. The topological polar surface area (TPSA) is 161 Å². The lowest BCUT2D eigenvalue weighted by atomic mass is 9.63. The van der Waals surface area contributed by atoms with Crippen molar-refractivity contribution in [3.8, 4) is 0 Å². The average Bonchev–Trinajstić information content (AvgIpc) is 3.68. The van der Waals surface area contributed by atoms with Crippen LogP contribution in [0, 0.1) is 16.2 Å². The van der Waals surface area contributed by atoms with Crippen molar-refractivity contribution in [3.05, 3.63) is 59.3 Å². The van der Waals surface area contributed by atoms with Gasteiger partial charge < -0.3 is 21.3 Å². The van der Waals surface area contributed by atoms with Gasteiger partial charge in [-0.3, -0.25) is 29.8 Å². The van der Waals surface area contributed by atoms with Crippen molar-refractivity contribution in [2.24, 2.45) is 26.5 Å². The molecule has 7 rings (SSSR count). The number of likely N-dealkylation sites (tertiary alicyclic amines) is 2. The van der Waals surface area contributed by atoms with E-state index in [1.807, 2.05) is 29.2 Å². The number of hydrogen-bond donors (Lipinski definition) is 3. The molecule has 5 aliphatic rings. The molecule has 4 aliphatic heterocycles. The van der Waals surface area contributed by atoms with Gasteiger partial charge in [0, 0.05) is 51.9 Å². The quantitative estimate of drug-likeness (QED) is 0.302. The number of nitrogens with one attached hydrogen (secondary N) is 1. The molecule has 12 heteroatoms. The van der Waals surface area contributed by atoms with E-state index in [-0.39, 0.29) is 11.8 Å². The lowest BCUT2D eigenvalue weighted by Gasteiger charge is -2.48. The first kappa shape index (κ1) is 32.9. The third kappa shape index (κ3) is 6.46. The minimum atomic E-state index is -0.514. The highest BCUT2D eigenvalue weighted by Gasteiger charge is 2.51. The molecule has 4 fully saturated rings. The summed E-state index contributed by atoms with van der Waals surface area (Å²) in [7, 11) is 1.65. The zero-order chi connectivity index (χ0) is 34.2. The maximum absolute atomic E-state index is 14.0. The maximum Gasteiger partial charge on any atom is 0.237 e. The van der Waals surface area contributed by atoms with Crippen LogP contribution in [0.15, 0.2) is 52.5 Å². The summed E-state index contributed by atoms with van der Waals surface area (Å²) in [5, 5.41) is 8.94. The average molecular weight is 665 g/mol. The van der Waals surface area contributed by atoms with Crippen LogP contribution in [-0.4, -0.2) is 109 Å². The molecule has 3 saturated heterocycles. The first-order chi connectivity index (χ1) is 23.7. The van der Waals surface area contributed by atoms with Crippen molar-refractivity contribution < 1.29 is 9.59 Å². The van der Waals surface area contributed by atoms with Gasteiger partial charge in [-0.05, 0) is 80.2 Å². The van der Waals surface area contributed by atoms with E-state index in [1.165, 1.54) is 31.2 Å². The molecule has 0 bridgehead atoms. The minimum absolute atomic E-state index is 0.0604. The zero-order valence-electron chi connectivity index (χ0n) is 28.5. The molecule has 5 heterocycles. The van der Waals surface area contributed by atoms with Crippen LogP contribution in [0.2, 0.25) is 0 Å². The number of nitrogens with zero attached hydrogens (tertiary/aromatic N) is 7. The van der Waals surface area contributed by atoms with Crippen LogP contribution < -0.4 is 16.4 Å². The monoisotopic (exact) mass is 664 g/mol. The molecule has 49 heavy (non-hydrogen) atoms. The highest BCUT2D eigenvalue weighted by atomic mass is 16.2. The number of carbonyl (C=O) groups excluding carboxylic acids is 2. The highest BCUT2D eigenvalue weighted by molar-refractivity contribution is 6.03. The molecule has 2 spiro atoms. The van der Waals surface area contributed by atoms with Crippen LogP contribution in [0.25, 0.3) is 5.57 Å². The number of aromatic nitrogens is 1. The summed E-state index contributed by atoms with van der Waals surface area (Å²) in [6.07, 6.45) is 12.0. The number of amidine groups is 2. The second kappa shape index (κ2) is 13.4. The van der Waals surface area contributed by atoms with Gasteiger partial charge in [0.1, 0.15) is 29.5 Å². The van der Waals surface area contributed by atoms with Crippen LogP contribution >= 0.6 is 0 Å². The van der Waals surface area contributed by atoms with Crippen molar-refractivity contribution in [2.45, 2.75) is 51.4 Å². The molecule has 1 atom stereocenters. The number of pyridine rings is 1. The minimum Gasteiger partial charge on any atom is -0.397 e. The van der Waals surface area contributed by atoms with Gasteiger partial charge in [-0.25, -0.2) is 9.98 Å². The Kier molecular flexibility index (Phi) is 8.99. The SMILES string of the molecule is CN=CN=C(N)c1ccc(C2=CCN(C(=O)CN3CC[C@]4(CCN(c5ccc(N)c(C(=N)N6CCC7(CCC7)CC6)n5)C4=O)C3)CC2)cc1. The van der Waals surface area contributed by atoms with Gasteiger partial charge in [0.2, 0.25) is 11.8 Å². The molecule has 0 unspecified atom stereocenters. The predicted molar refractivity (Wildman–Crippen MR) is 194 cm³/mol. The molecular weight excluding hydrogens is 616 g/mol. The van der Waals surface area contributed by atoms with Gasteiger partial charge in [-0.1, -0.05) is 36.8 Å². The molecule has 258 valence electrons. The number of nitrogen functional groups attached to an aromatic ring is 1. The first-order valence-electron chi connectivity index (χ1n) is 17.7. The number of carbonyl (C=O) groups is 2. The number of amides is 2. The second-order valence-corrected chi connectivity index (χ2v) is 14.5. The van der Waals surface area contributed by atoms with Crippen LogP contribution in [-0.2, 0) is 9.59 Å². The fraction of sp³-hybridized carbons (Fsp3) is 0.514. The highest BCUT2D eigenvalue weighted by Crippen LogP contribution is 2.49. The van der Waals surface area contributed by atoms with Crippen molar-refractivity contribution >= 4 is 46.9 Å². The largest absolute Gasteiger partial charge is 0.397 e. The summed E-state index contributed by atoms with van der Waals surface area (Å²) in [5.74, 6) is 1.49. The van der Waals surface area contributed by atoms with Gasteiger partial charge in [-0.2, -0.15) is 0 Å². The van der Waals surface area contributed by atoms with Crippen molar-refractivity contribution in [3.63, 3.8) is 0 Å². The van der Waals surface area contributed by atoms with E-state index in [2.05, 4.69) is 25.9 Å². The van der Waals surface area contributed by atoms with Crippen LogP contribution in [0.4, 0.5) is 11.5 Å². The van der Waals surface area contributed by atoms with Gasteiger partial charge in [0.05, 0.1) is 17.6 Å². The summed E-state index contributed by atoms with van der Waals surface area (Å²) >= 11 is 0. The Morgan fingerprint density at radius 3 is 2.41 bits per heavy atom. The van der Waals surface area contributed by atoms with Gasteiger partial charge >= 0.3 is 0 Å². The molecule has 1 aromatic heterocycles. The Morgan fingerprint density at radius 2 is 1.73 bits per heavy atom. The van der Waals surface area contributed by atoms with Crippen LogP contribution in [0.5, 0.6) is 0 Å². The number of hydrogen-bond acceptors (Lipinski definition) is 7. The summed E-state index contributed by atoms with van der Waals surface area (Å²) in [6, 6.07) is 11.6. The number of nitrogens with two attached hydrogens (primary N) is 2.